The Labute approximate surface area is 140 Å². The van der Waals surface area contributed by atoms with Crippen molar-refractivity contribution in [2.24, 2.45) is 0 Å². The van der Waals surface area contributed by atoms with Crippen molar-refractivity contribution < 1.29 is 0 Å². The van der Waals surface area contributed by atoms with Crippen LogP contribution in [0.2, 0.25) is 5.02 Å². The van der Waals surface area contributed by atoms with Crippen molar-refractivity contribution in [3.63, 3.8) is 0 Å². The lowest BCUT2D eigenvalue weighted by atomic mass is 10.1. The van der Waals surface area contributed by atoms with Crippen molar-refractivity contribution in [2.45, 2.75) is 37.9 Å². The van der Waals surface area contributed by atoms with Gasteiger partial charge in [0.15, 0.2) is 0 Å². The fourth-order valence-corrected chi connectivity index (χ4v) is 5.06. The molecule has 0 aliphatic carbocycles. The Hall–Kier alpha value is -0.320. The van der Waals surface area contributed by atoms with Gasteiger partial charge in [-0.25, -0.2) is 0 Å². The third kappa shape index (κ3) is 3.08. The van der Waals surface area contributed by atoms with Crippen LogP contribution in [0.3, 0.4) is 0 Å². The minimum Gasteiger partial charge on any atom is -0.310 e. The first kappa shape index (κ1) is 15.6. The maximum absolute atomic E-state index is 6.56. The second kappa shape index (κ2) is 6.43. The molecule has 1 N–H and O–H groups in total. The molecule has 2 aromatic rings. The first-order valence-corrected chi connectivity index (χ1v) is 8.63. The van der Waals surface area contributed by atoms with Crippen LogP contribution in [0.25, 0.3) is 10.1 Å². The van der Waals surface area contributed by atoms with Crippen LogP contribution < -0.4 is 5.32 Å². The molecule has 114 valence electrons. The summed E-state index contributed by atoms with van der Waals surface area (Å²) in [5.74, 6) is 0. The van der Waals surface area contributed by atoms with Gasteiger partial charge in [-0.1, -0.05) is 29.8 Å². The Morgan fingerprint density at radius 2 is 2.00 bits per heavy atom. The summed E-state index contributed by atoms with van der Waals surface area (Å²) in [5.41, 5.74) is 0. The van der Waals surface area contributed by atoms with Gasteiger partial charge in [0.05, 0.1) is 5.02 Å². The van der Waals surface area contributed by atoms with Gasteiger partial charge in [-0.05, 0) is 25.3 Å². The van der Waals surface area contributed by atoms with Gasteiger partial charge in [-0.3, -0.25) is 4.90 Å². The molecule has 1 aromatic carbocycles. The van der Waals surface area contributed by atoms with Crippen molar-refractivity contribution in [1.29, 1.82) is 0 Å². The normalized spacial score (nSPS) is 25.8. The number of nitrogens with zero attached hydrogens (tertiary/aromatic N) is 1. The molecule has 3 heterocycles. The van der Waals surface area contributed by atoms with E-state index in [4.69, 9.17) is 11.6 Å². The van der Waals surface area contributed by atoms with E-state index >= 15 is 0 Å². The zero-order chi connectivity index (χ0) is 13.5. The lowest BCUT2D eigenvalue weighted by molar-refractivity contribution is 0.253. The maximum Gasteiger partial charge on any atom is 0.0637 e. The highest BCUT2D eigenvalue weighted by atomic mass is 35.5. The third-order valence-corrected chi connectivity index (χ3v) is 6.28. The molecule has 0 saturated carbocycles. The summed E-state index contributed by atoms with van der Waals surface area (Å²) < 4.78 is 1.31. The fourth-order valence-electron chi connectivity index (χ4n) is 3.53. The first-order chi connectivity index (χ1) is 9.79. The van der Waals surface area contributed by atoms with Gasteiger partial charge in [0, 0.05) is 46.7 Å². The number of halogens is 2. The van der Waals surface area contributed by atoms with Gasteiger partial charge in [-0.15, -0.1) is 23.7 Å². The minimum absolute atomic E-state index is 0. The predicted molar refractivity (Wildman–Crippen MR) is 93.9 cm³/mol. The number of thiophene rings is 1. The highest BCUT2D eigenvalue weighted by molar-refractivity contribution is 7.19. The van der Waals surface area contributed by atoms with E-state index in [1.54, 1.807) is 0 Å². The third-order valence-electron chi connectivity index (χ3n) is 4.58. The summed E-state index contributed by atoms with van der Waals surface area (Å²) in [6.45, 7) is 3.36. The lowest BCUT2D eigenvalue weighted by Crippen LogP contribution is -2.34. The Balaban J connectivity index is 0.00000132. The van der Waals surface area contributed by atoms with Gasteiger partial charge in [-0.2, -0.15) is 0 Å². The summed E-state index contributed by atoms with van der Waals surface area (Å²) >= 11 is 8.41. The zero-order valence-corrected chi connectivity index (χ0v) is 14.2. The van der Waals surface area contributed by atoms with E-state index in [2.05, 4.69) is 34.5 Å². The molecule has 2 aliphatic rings. The Bertz CT molecular complexity index is 628. The summed E-state index contributed by atoms with van der Waals surface area (Å²) in [6, 6.07) is 9.90. The summed E-state index contributed by atoms with van der Waals surface area (Å²) in [7, 11) is 0. The van der Waals surface area contributed by atoms with Gasteiger partial charge >= 0.3 is 0 Å². The molecule has 4 rings (SSSR count). The SMILES string of the molecule is Cl.Clc1c(CN2CCC3CCC(C2)N3)sc2ccccc12. The number of hydrogen-bond donors (Lipinski definition) is 1. The summed E-state index contributed by atoms with van der Waals surface area (Å²) in [5, 5.41) is 5.92. The molecule has 1 aromatic heterocycles. The standard InChI is InChI=1S/C16H19ClN2S.ClH/c17-16-13-3-1-2-4-14(13)20-15(16)10-19-8-7-11-5-6-12(9-19)18-11;/h1-4,11-12,18H,5-10H2;1H. The van der Waals surface area contributed by atoms with E-state index in [-0.39, 0.29) is 12.4 Å². The van der Waals surface area contributed by atoms with E-state index in [0.717, 1.165) is 17.6 Å². The van der Waals surface area contributed by atoms with Gasteiger partial charge < -0.3 is 5.32 Å². The molecule has 2 atom stereocenters. The largest absolute Gasteiger partial charge is 0.310 e. The molecule has 21 heavy (non-hydrogen) atoms. The van der Waals surface area contributed by atoms with Crippen molar-refractivity contribution in [1.82, 2.24) is 10.2 Å². The van der Waals surface area contributed by atoms with E-state index in [1.807, 2.05) is 11.3 Å². The lowest BCUT2D eigenvalue weighted by Gasteiger charge is -2.23. The van der Waals surface area contributed by atoms with E-state index < -0.39 is 0 Å². The van der Waals surface area contributed by atoms with Gasteiger partial charge in [0.1, 0.15) is 0 Å². The molecule has 2 saturated heterocycles. The average molecular weight is 343 g/mol. The average Bonchev–Trinajstić information content (AvgIpc) is 2.94. The van der Waals surface area contributed by atoms with Gasteiger partial charge in [0.25, 0.3) is 0 Å². The number of fused-ring (bicyclic) bond motifs is 3. The number of likely N-dealkylation sites (tertiary alicyclic amines) is 1. The number of hydrogen-bond acceptors (Lipinski definition) is 3. The quantitative estimate of drug-likeness (QED) is 0.874. The molecular weight excluding hydrogens is 323 g/mol. The molecule has 2 aliphatic heterocycles. The van der Waals surface area contributed by atoms with Crippen LogP contribution >= 0.6 is 35.3 Å². The van der Waals surface area contributed by atoms with Crippen LogP contribution in [0.15, 0.2) is 24.3 Å². The van der Waals surface area contributed by atoms with Crippen LogP contribution in [0.1, 0.15) is 24.1 Å². The number of benzene rings is 1. The Morgan fingerprint density at radius 1 is 1.19 bits per heavy atom. The molecule has 5 heteroatoms. The van der Waals surface area contributed by atoms with E-state index in [1.165, 1.54) is 47.3 Å². The van der Waals surface area contributed by atoms with Crippen molar-refractivity contribution in [2.75, 3.05) is 13.1 Å². The molecule has 2 bridgehead atoms. The van der Waals surface area contributed by atoms with Crippen LogP contribution in [-0.4, -0.2) is 30.1 Å². The van der Waals surface area contributed by atoms with Crippen LogP contribution in [0.5, 0.6) is 0 Å². The molecule has 0 spiro atoms. The van der Waals surface area contributed by atoms with Crippen LogP contribution in [-0.2, 0) is 6.54 Å². The smallest absolute Gasteiger partial charge is 0.0637 e. The first-order valence-electron chi connectivity index (χ1n) is 7.44. The maximum atomic E-state index is 6.56. The van der Waals surface area contributed by atoms with Crippen molar-refractivity contribution >= 4 is 45.4 Å². The number of nitrogens with one attached hydrogen (secondary N) is 1. The van der Waals surface area contributed by atoms with Crippen LogP contribution in [0, 0.1) is 0 Å². The van der Waals surface area contributed by atoms with Crippen LogP contribution in [0.4, 0.5) is 0 Å². The van der Waals surface area contributed by atoms with E-state index in [9.17, 15) is 0 Å². The van der Waals surface area contributed by atoms with Crippen molar-refractivity contribution in [3.05, 3.63) is 34.2 Å². The molecule has 2 nitrogen and oxygen atoms in total. The highest BCUT2D eigenvalue weighted by Gasteiger charge is 2.29. The second-order valence-electron chi connectivity index (χ2n) is 6.00. The number of rotatable bonds is 2. The van der Waals surface area contributed by atoms with Crippen molar-refractivity contribution in [3.8, 4) is 0 Å². The molecule has 0 radical (unpaired) electrons. The molecule has 2 unspecified atom stereocenters. The predicted octanol–water partition coefficient (Wildman–Crippen LogP) is 4.30. The Morgan fingerprint density at radius 3 is 2.86 bits per heavy atom. The second-order valence-corrected chi connectivity index (χ2v) is 7.51. The topological polar surface area (TPSA) is 15.3 Å². The zero-order valence-electron chi connectivity index (χ0n) is 11.8. The highest BCUT2D eigenvalue weighted by Crippen LogP contribution is 2.36. The summed E-state index contributed by atoms with van der Waals surface area (Å²) in [4.78, 5) is 3.90. The minimum atomic E-state index is 0. The fraction of sp³-hybridized carbons (Fsp3) is 0.500. The molecule has 0 amide bonds. The summed E-state index contributed by atoms with van der Waals surface area (Å²) in [6.07, 6.45) is 3.97. The van der Waals surface area contributed by atoms with E-state index in [0.29, 0.717) is 6.04 Å². The monoisotopic (exact) mass is 342 g/mol. The molecular formula is C16H20Cl2N2S. The van der Waals surface area contributed by atoms with Gasteiger partial charge in [0.2, 0.25) is 0 Å². The molecule has 2 fully saturated rings. The Kier molecular flexibility index (Phi) is 4.77.